The van der Waals surface area contributed by atoms with Crippen molar-refractivity contribution in [2.24, 2.45) is 0 Å². The lowest BCUT2D eigenvalue weighted by molar-refractivity contribution is -0.138. The lowest BCUT2D eigenvalue weighted by Crippen LogP contribution is -2.08. The molecule has 2 heterocycles. The van der Waals surface area contributed by atoms with Gasteiger partial charge in [-0.3, -0.25) is 9.97 Å². The van der Waals surface area contributed by atoms with E-state index in [9.17, 15) is 13.2 Å². The van der Waals surface area contributed by atoms with Crippen molar-refractivity contribution < 1.29 is 13.2 Å². The molecule has 2 nitrogen and oxygen atoms in total. The molecule has 0 spiro atoms. The topological polar surface area (TPSA) is 25.8 Å². The van der Waals surface area contributed by atoms with Gasteiger partial charge in [-0.1, -0.05) is 12.1 Å². The van der Waals surface area contributed by atoms with Gasteiger partial charge in [-0.05, 0) is 37.5 Å². The van der Waals surface area contributed by atoms with Crippen LogP contribution in [0.25, 0.3) is 21.8 Å². The molecule has 5 heteroatoms. The highest BCUT2D eigenvalue weighted by atomic mass is 19.4. The van der Waals surface area contributed by atoms with Crippen LogP contribution in [0.5, 0.6) is 0 Å². The molecule has 0 aliphatic carbocycles. The van der Waals surface area contributed by atoms with E-state index in [-0.39, 0.29) is 5.56 Å². The average Bonchev–Trinajstić information content (AvgIpc) is 2.41. The molecule has 0 bridgehead atoms. The number of aryl methyl sites for hydroxylation is 3. The Balaban J connectivity index is 2.44. The molecule has 3 rings (SSSR count). The summed E-state index contributed by atoms with van der Waals surface area (Å²) in [4.78, 5) is 8.38. The minimum absolute atomic E-state index is 0.189. The Morgan fingerprint density at radius 2 is 1.33 bits per heavy atom. The third-order valence-corrected chi connectivity index (χ3v) is 3.97. The zero-order valence-corrected chi connectivity index (χ0v) is 11.8. The zero-order valence-electron chi connectivity index (χ0n) is 11.8. The molecule has 1 aromatic carbocycles. The van der Waals surface area contributed by atoms with Gasteiger partial charge in [0, 0.05) is 23.2 Å². The van der Waals surface area contributed by atoms with Gasteiger partial charge < -0.3 is 0 Å². The van der Waals surface area contributed by atoms with Crippen LogP contribution in [0.1, 0.15) is 22.3 Å². The van der Waals surface area contributed by atoms with E-state index in [1.165, 1.54) is 6.92 Å². The maximum absolute atomic E-state index is 13.0. The first kappa shape index (κ1) is 13.8. The standard InChI is InChI=1S/C16H13F3N2/c1-8-6-20-14-11(9(8)2)4-5-12-10(3)13(16(17,18)19)7-21-15(12)14/h4-7H,1-3H3. The summed E-state index contributed by atoms with van der Waals surface area (Å²) >= 11 is 0. The highest BCUT2D eigenvalue weighted by Gasteiger charge is 2.33. The SMILES string of the molecule is Cc1cnc2c(ccc3c(C)c(C(F)(F)F)cnc32)c1C. The molecular weight excluding hydrogens is 277 g/mol. The van der Waals surface area contributed by atoms with E-state index in [1.807, 2.05) is 19.9 Å². The van der Waals surface area contributed by atoms with Gasteiger partial charge in [0.25, 0.3) is 0 Å². The van der Waals surface area contributed by atoms with E-state index >= 15 is 0 Å². The Kier molecular flexibility index (Phi) is 2.90. The summed E-state index contributed by atoms with van der Waals surface area (Å²) in [5.41, 5.74) is 2.77. The van der Waals surface area contributed by atoms with Crippen LogP contribution < -0.4 is 0 Å². The smallest absolute Gasteiger partial charge is 0.254 e. The Labute approximate surface area is 119 Å². The fraction of sp³-hybridized carbons (Fsp3) is 0.250. The molecule has 0 amide bonds. The van der Waals surface area contributed by atoms with Crippen LogP contribution in [-0.4, -0.2) is 9.97 Å². The van der Waals surface area contributed by atoms with Crippen molar-refractivity contribution in [1.82, 2.24) is 9.97 Å². The first-order valence-corrected chi connectivity index (χ1v) is 6.52. The molecule has 21 heavy (non-hydrogen) atoms. The number of aromatic nitrogens is 2. The lowest BCUT2D eigenvalue weighted by Gasteiger charge is -2.13. The van der Waals surface area contributed by atoms with Gasteiger partial charge in [-0.25, -0.2) is 0 Å². The lowest BCUT2D eigenvalue weighted by atomic mass is 9.99. The van der Waals surface area contributed by atoms with Crippen LogP contribution >= 0.6 is 0 Å². The second-order valence-electron chi connectivity index (χ2n) is 5.22. The molecule has 0 aliphatic rings. The number of alkyl halides is 3. The largest absolute Gasteiger partial charge is 0.418 e. The second-order valence-corrected chi connectivity index (χ2v) is 5.22. The maximum Gasteiger partial charge on any atom is 0.418 e. The van der Waals surface area contributed by atoms with Crippen LogP contribution in [0.4, 0.5) is 13.2 Å². The second kappa shape index (κ2) is 4.41. The molecule has 3 aromatic rings. The van der Waals surface area contributed by atoms with Crippen molar-refractivity contribution >= 4 is 21.8 Å². The zero-order chi connectivity index (χ0) is 15.4. The molecule has 0 saturated carbocycles. The van der Waals surface area contributed by atoms with Crippen molar-refractivity contribution in [3.05, 3.63) is 46.8 Å². The molecule has 0 radical (unpaired) electrons. The molecule has 0 fully saturated rings. The number of hydrogen-bond acceptors (Lipinski definition) is 2. The van der Waals surface area contributed by atoms with Crippen LogP contribution in [0.15, 0.2) is 24.5 Å². The fourth-order valence-corrected chi connectivity index (χ4v) is 2.57. The number of rotatable bonds is 0. The van der Waals surface area contributed by atoms with Gasteiger partial charge in [0.15, 0.2) is 0 Å². The summed E-state index contributed by atoms with van der Waals surface area (Å²) in [6, 6.07) is 3.52. The predicted octanol–water partition coefficient (Wildman–Crippen LogP) is 4.73. The Morgan fingerprint density at radius 3 is 1.90 bits per heavy atom. The van der Waals surface area contributed by atoms with Crippen molar-refractivity contribution in [2.75, 3.05) is 0 Å². The van der Waals surface area contributed by atoms with E-state index in [0.717, 1.165) is 22.7 Å². The van der Waals surface area contributed by atoms with Gasteiger partial charge >= 0.3 is 6.18 Å². The van der Waals surface area contributed by atoms with Gasteiger partial charge in [0.1, 0.15) is 0 Å². The van der Waals surface area contributed by atoms with Crippen molar-refractivity contribution in [2.45, 2.75) is 26.9 Å². The van der Waals surface area contributed by atoms with Gasteiger partial charge in [-0.15, -0.1) is 0 Å². The summed E-state index contributed by atoms with van der Waals surface area (Å²) in [5, 5.41) is 1.42. The highest BCUT2D eigenvalue weighted by Crippen LogP contribution is 2.36. The van der Waals surface area contributed by atoms with E-state index in [1.54, 1.807) is 12.3 Å². The number of hydrogen-bond donors (Lipinski definition) is 0. The summed E-state index contributed by atoms with van der Waals surface area (Å²) in [5.74, 6) is 0. The van der Waals surface area contributed by atoms with E-state index in [4.69, 9.17) is 0 Å². The van der Waals surface area contributed by atoms with Gasteiger partial charge in [0.05, 0.1) is 16.6 Å². The summed E-state index contributed by atoms with van der Waals surface area (Å²) in [6.45, 7) is 5.40. The molecular formula is C16H13F3N2. The maximum atomic E-state index is 13.0. The number of halogens is 3. The molecule has 108 valence electrons. The molecule has 0 aliphatic heterocycles. The van der Waals surface area contributed by atoms with Crippen molar-refractivity contribution in [3.8, 4) is 0 Å². The third-order valence-electron chi connectivity index (χ3n) is 3.97. The number of benzene rings is 1. The molecule has 2 aromatic heterocycles. The van der Waals surface area contributed by atoms with Crippen LogP contribution in [0, 0.1) is 20.8 Å². The first-order chi connectivity index (χ1) is 9.80. The van der Waals surface area contributed by atoms with Gasteiger partial charge in [-0.2, -0.15) is 13.2 Å². The van der Waals surface area contributed by atoms with Crippen LogP contribution in [0.3, 0.4) is 0 Å². The average molecular weight is 290 g/mol. The molecule has 0 atom stereocenters. The Morgan fingerprint density at radius 1 is 0.810 bits per heavy atom. The van der Waals surface area contributed by atoms with Crippen molar-refractivity contribution in [3.63, 3.8) is 0 Å². The predicted molar refractivity (Wildman–Crippen MR) is 76.3 cm³/mol. The number of fused-ring (bicyclic) bond motifs is 3. The first-order valence-electron chi connectivity index (χ1n) is 6.52. The monoisotopic (exact) mass is 290 g/mol. The molecule has 0 saturated heterocycles. The van der Waals surface area contributed by atoms with E-state index in [2.05, 4.69) is 9.97 Å². The fourth-order valence-electron chi connectivity index (χ4n) is 2.57. The quantitative estimate of drug-likeness (QED) is 0.559. The third kappa shape index (κ3) is 2.04. The minimum Gasteiger partial charge on any atom is -0.254 e. The molecule has 0 unspecified atom stereocenters. The van der Waals surface area contributed by atoms with Crippen LogP contribution in [-0.2, 0) is 6.18 Å². The summed E-state index contributed by atoms with van der Waals surface area (Å²) in [6.07, 6.45) is -1.77. The molecule has 0 N–H and O–H groups in total. The summed E-state index contributed by atoms with van der Waals surface area (Å²) < 4.78 is 38.9. The van der Waals surface area contributed by atoms with Crippen molar-refractivity contribution in [1.29, 1.82) is 0 Å². The normalized spacial score (nSPS) is 12.3. The number of pyridine rings is 2. The Bertz CT molecular complexity index is 867. The van der Waals surface area contributed by atoms with E-state index in [0.29, 0.717) is 16.4 Å². The summed E-state index contributed by atoms with van der Waals surface area (Å²) in [7, 11) is 0. The number of nitrogens with zero attached hydrogens (tertiary/aromatic N) is 2. The Hall–Kier alpha value is -2.17. The van der Waals surface area contributed by atoms with Gasteiger partial charge in [0.2, 0.25) is 0 Å². The highest BCUT2D eigenvalue weighted by molar-refractivity contribution is 6.05. The van der Waals surface area contributed by atoms with E-state index < -0.39 is 11.7 Å². The van der Waals surface area contributed by atoms with Crippen LogP contribution in [0.2, 0.25) is 0 Å². The minimum atomic E-state index is -4.39.